The Bertz CT molecular complexity index is 452. The third-order valence-corrected chi connectivity index (χ3v) is 3.41. The summed E-state index contributed by atoms with van der Waals surface area (Å²) >= 11 is 5.95. The molecule has 1 aromatic rings. The van der Waals surface area contributed by atoms with Crippen LogP contribution in [-0.2, 0) is 16.1 Å². The van der Waals surface area contributed by atoms with Crippen LogP contribution in [0, 0.1) is 0 Å². The van der Waals surface area contributed by atoms with Crippen LogP contribution in [-0.4, -0.2) is 36.1 Å². The van der Waals surface area contributed by atoms with Crippen LogP contribution >= 0.6 is 11.6 Å². The number of hydrogen-bond donors (Lipinski definition) is 1. The highest BCUT2D eigenvalue weighted by atomic mass is 35.5. The fourth-order valence-corrected chi connectivity index (χ4v) is 2.34. The van der Waals surface area contributed by atoms with Gasteiger partial charge in [0.2, 0.25) is 0 Å². The lowest BCUT2D eigenvalue weighted by Crippen LogP contribution is -2.56. The molecule has 0 unspecified atom stereocenters. The van der Waals surface area contributed by atoms with Crippen molar-refractivity contribution < 1.29 is 9.53 Å². The number of rotatable bonds is 3. The molecule has 0 saturated carbocycles. The van der Waals surface area contributed by atoms with E-state index in [0.29, 0.717) is 13.2 Å². The zero-order valence-corrected chi connectivity index (χ0v) is 11.1. The standard InChI is InChI=1S/C13H17ClN2O2/c1-13(12(15)17)9-16(5-6-18-13)8-10-3-2-4-11(14)7-10/h2-4,7H,5-6,8-9H2,1H3,(H2,15,17)/t13-/m0/s1. The van der Waals surface area contributed by atoms with Gasteiger partial charge in [0.15, 0.2) is 5.60 Å². The topological polar surface area (TPSA) is 55.6 Å². The molecule has 0 aliphatic carbocycles. The number of morpholine rings is 1. The lowest BCUT2D eigenvalue weighted by Gasteiger charge is -2.38. The van der Waals surface area contributed by atoms with Crippen molar-refractivity contribution in [3.63, 3.8) is 0 Å². The average Bonchev–Trinajstić information content (AvgIpc) is 2.29. The maximum absolute atomic E-state index is 11.4. The number of nitrogens with two attached hydrogens (primary N) is 1. The summed E-state index contributed by atoms with van der Waals surface area (Å²) in [6.45, 7) is 4.29. The van der Waals surface area contributed by atoms with Crippen molar-refractivity contribution in [1.82, 2.24) is 4.90 Å². The number of benzene rings is 1. The van der Waals surface area contributed by atoms with Crippen LogP contribution in [0.25, 0.3) is 0 Å². The zero-order chi connectivity index (χ0) is 13.2. The van der Waals surface area contributed by atoms with E-state index in [0.717, 1.165) is 23.7 Å². The highest BCUT2D eigenvalue weighted by Crippen LogP contribution is 2.20. The number of halogens is 1. The van der Waals surface area contributed by atoms with Crippen LogP contribution in [0.3, 0.4) is 0 Å². The van der Waals surface area contributed by atoms with Crippen molar-refractivity contribution in [3.05, 3.63) is 34.9 Å². The first-order chi connectivity index (χ1) is 8.49. The van der Waals surface area contributed by atoms with Crippen molar-refractivity contribution in [3.8, 4) is 0 Å². The summed E-state index contributed by atoms with van der Waals surface area (Å²) in [6.07, 6.45) is 0. The molecule has 1 aliphatic heterocycles. The normalized spacial score (nSPS) is 25.0. The van der Waals surface area contributed by atoms with Gasteiger partial charge in [-0.1, -0.05) is 23.7 Å². The molecular formula is C13H17ClN2O2. The first kappa shape index (κ1) is 13.3. The Hall–Kier alpha value is -1.10. The third-order valence-electron chi connectivity index (χ3n) is 3.17. The van der Waals surface area contributed by atoms with E-state index >= 15 is 0 Å². The van der Waals surface area contributed by atoms with Gasteiger partial charge in [-0.05, 0) is 24.6 Å². The molecule has 1 atom stereocenters. The number of carbonyl (C=O) groups excluding carboxylic acids is 1. The predicted octanol–water partition coefficient (Wildman–Crippen LogP) is 1.42. The minimum Gasteiger partial charge on any atom is -0.367 e. The monoisotopic (exact) mass is 268 g/mol. The van der Waals surface area contributed by atoms with Crippen LogP contribution in [0.15, 0.2) is 24.3 Å². The molecule has 1 fully saturated rings. The summed E-state index contributed by atoms with van der Waals surface area (Å²) in [4.78, 5) is 13.5. The summed E-state index contributed by atoms with van der Waals surface area (Å²) < 4.78 is 5.48. The summed E-state index contributed by atoms with van der Waals surface area (Å²) in [5.41, 5.74) is 5.60. The van der Waals surface area contributed by atoms with Crippen molar-refractivity contribution in [2.75, 3.05) is 19.7 Å². The summed E-state index contributed by atoms with van der Waals surface area (Å²) in [5, 5.41) is 0.721. The largest absolute Gasteiger partial charge is 0.367 e. The predicted molar refractivity (Wildman–Crippen MR) is 70.3 cm³/mol. The molecule has 0 aromatic heterocycles. The molecule has 1 saturated heterocycles. The number of amides is 1. The van der Waals surface area contributed by atoms with Gasteiger partial charge in [0.05, 0.1) is 6.61 Å². The molecule has 2 rings (SSSR count). The number of nitrogens with zero attached hydrogens (tertiary/aromatic N) is 1. The van der Waals surface area contributed by atoms with E-state index in [9.17, 15) is 4.79 Å². The molecule has 1 amide bonds. The van der Waals surface area contributed by atoms with Crippen LogP contribution in [0.5, 0.6) is 0 Å². The number of ether oxygens (including phenoxy) is 1. The molecular weight excluding hydrogens is 252 g/mol. The first-order valence-corrected chi connectivity index (χ1v) is 6.28. The molecule has 0 radical (unpaired) electrons. The van der Waals surface area contributed by atoms with Gasteiger partial charge in [-0.2, -0.15) is 0 Å². The number of primary amides is 1. The maximum atomic E-state index is 11.4. The molecule has 4 nitrogen and oxygen atoms in total. The van der Waals surface area contributed by atoms with Gasteiger partial charge in [0.1, 0.15) is 0 Å². The Morgan fingerprint density at radius 1 is 1.61 bits per heavy atom. The molecule has 0 bridgehead atoms. The summed E-state index contributed by atoms with van der Waals surface area (Å²) in [5.74, 6) is -0.418. The van der Waals surface area contributed by atoms with Crippen LogP contribution < -0.4 is 5.73 Å². The van der Waals surface area contributed by atoms with Gasteiger partial charge in [0, 0.05) is 24.7 Å². The van der Waals surface area contributed by atoms with Gasteiger partial charge in [-0.15, -0.1) is 0 Å². The van der Waals surface area contributed by atoms with E-state index in [1.807, 2.05) is 24.3 Å². The smallest absolute Gasteiger partial charge is 0.250 e. The van der Waals surface area contributed by atoms with Gasteiger partial charge < -0.3 is 10.5 Å². The third kappa shape index (κ3) is 3.02. The lowest BCUT2D eigenvalue weighted by atomic mass is 10.0. The van der Waals surface area contributed by atoms with E-state index in [1.54, 1.807) is 6.92 Å². The molecule has 18 heavy (non-hydrogen) atoms. The molecule has 98 valence electrons. The number of hydrogen-bond acceptors (Lipinski definition) is 3. The minimum absolute atomic E-state index is 0.418. The fraction of sp³-hybridized carbons (Fsp3) is 0.462. The SMILES string of the molecule is C[C@@]1(C(N)=O)CN(Cc2cccc(Cl)c2)CCO1. The number of carbonyl (C=O) groups is 1. The Balaban J connectivity index is 2.04. The van der Waals surface area contributed by atoms with Gasteiger partial charge in [-0.3, -0.25) is 9.69 Å². The highest BCUT2D eigenvalue weighted by Gasteiger charge is 2.37. The summed E-state index contributed by atoms with van der Waals surface area (Å²) in [6, 6.07) is 7.71. The minimum atomic E-state index is -0.892. The van der Waals surface area contributed by atoms with Crippen molar-refractivity contribution in [2.45, 2.75) is 19.1 Å². The Morgan fingerprint density at radius 3 is 3.06 bits per heavy atom. The molecule has 2 N–H and O–H groups in total. The second-order valence-corrected chi connectivity index (χ2v) is 5.22. The molecule has 0 spiro atoms. The zero-order valence-electron chi connectivity index (χ0n) is 10.4. The maximum Gasteiger partial charge on any atom is 0.250 e. The quantitative estimate of drug-likeness (QED) is 0.902. The summed E-state index contributed by atoms with van der Waals surface area (Å²) in [7, 11) is 0. The van der Waals surface area contributed by atoms with Crippen LogP contribution in [0.4, 0.5) is 0 Å². The van der Waals surface area contributed by atoms with Crippen LogP contribution in [0.1, 0.15) is 12.5 Å². The van der Waals surface area contributed by atoms with E-state index in [2.05, 4.69) is 4.90 Å². The lowest BCUT2D eigenvalue weighted by molar-refractivity contribution is -0.153. The highest BCUT2D eigenvalue weighted by molar-refractivity contribution is 6.30. The Labute approximate surface area is 112 Å². The Morgan fingerprint density at radius 2 is 2.39 bits per heavy atom. The van der Waals surface area contributed by atoms with Crippen LogP contribution in [0.2, 0.25) is 5.02 Å². The van der Waals surface area contributed by atoms with Crippen molar-refractivity contribution in [2.24, 2.45) is 5.73 Å². The molecule has 1 aromatic carbocycles. The van der Waals surface area contributed by atoms with Crippen molar-refractivity contribution in [1.29, 1.82) is 0 Å². The average molecular weight is 269 g/mol. The first-order valence-electron chi connectivity index (χ1n) is 5.90. The molecule has 1 aliphatic rings. The molecule has 5 heteroatoms. The van der Waals surface area contributed by atoms with E-state index in [4.69, 9.17) is 22.1 Å². The fourth-order valence-electron chi connectivity index (χ4n) is 2.13. The van der Waals surface area contributed by atoms with Crippen molar-refractivity contribution >= 4 is 17.5 Å². The van der Waals surface area contributed by atoms with Gasteiger partial charge in [-0.25, -0.2) is 0 Å². The Kier molecular flexibility index (Phi) is 3.90. The van der Waals surface area contributed by atoms with E-state index in [1.165, 1.54) is 0 Å². The van der Waals surface area contributed by atoms with E-state index in [-0.39, 0.29) is 0 Å². The molecule has 1 heterocycles. The second kappa shape index (κ2) is 5.26. The van der Waals surface area contributed by atoms with Gasteiger partial charge >= 0.3 is 0 Å². The van der Waals surface area contributed by atoms with E-state index < -0.39 is 11.5 Å². The van der Waals surface area contributed by atoms with Gasteiger partial charge in [0.25, 0.3) is 5.91 Å². The second-order valence-electron chi connectivity index (χ2n) is 4.78.